The second-order valence-electron chi connectivity index (χ2n) is 5.75. The average Bonchev–Trinajstić information content (AvgIpc) is 2.55. The number of benzene rings is 2. The zero-order valence-electron chi connectivity index (χ0n) is 14.3. The molecular weight excluding hydrogens is 388 g/mol. The number of carbonyl (C=O) groups is 1. The standard InChI is InChI=1S/C17H16F4N2O3S/c1-11(23(27(2,25)26)15-6-4-3-5-14(15)18)16(24)22-13-9-7-12(8-10-13)17(19,20)21/h3-11H,1-2H3,(H,22,24). The first kappa shape index (κ1) is 20.7. The summed E-state index contributed by atoms with van der Waals surface area (Å²) in [6, 6.07) is 7.34. The molecule has 2 aromatic carbocycles. The highest BCUT2D eigenvalue weighted by molar-refractivity contribution is 7.92. The van der Waals surface area contributed by atoms with E-state index in [1.165, 1.54) is 25.1 Å². The summed E-state index contributed by atoms with van der Waals surface area (Å²) in [4.78, 5) is 12.4. The molecule has 0 saturated carbocycles. The summed E-state index contributed by atoms with van der Waals surface area (Å²) < 4.78 is 76.6. The SMILES string of the molecule is CC(C(=O)Nc1ccc(C(F)(F)F)cc1)N(c1ccccc1F)S(C)(=O)=O. The van der Waals surface area contributed by atoms with E-state index in [9.17, 15) is 30.8 Å². The van der Waals surface area contributed by atoms with E-state index in [4.69, 9.17) is 0 Å². The zero-order chi connectivity index (χ0) is 20.4. The first-order valence-electron chi connectivity index (χ1n) is 7.63. The lowest BCUT2D eigenvalue weighted by Crippen LogP contribution is -2.45. The van der Waals surface area contributed by atoms with Crippen molar-refractivity contribution in [3.8, 4) is 0 Å². The van der Waals surface area contributed by atoms with Gasteiger partial charge in [-0.05, 0) is 43.3 Å². The van der Waals surface area contributed by atoms with Crippen LogP contribution in [0.2, 0.25) is 0 Å². The maximum atomic E-state index is 14.0. The van der Waals surface area contributed by atoms with Crippen LogP contribution in [0, 0.1) is 5.82 Å². The summed E-state index contributed by atoms with van der Waals surface area (Å²) in [7, 11) is -4.02. The summed E-state index contributed by atoms with van der Waals surface area (Å²) in [5.41, 5.74) is -1.16. The van der Waals surface area contributed by atoms with Crippen LogP contribution in [0.1, 0.15) is 12.5 Å². The van der Waals surface area contributed by atoms with Crippen molar-refractivity contribution in [2.24, 2.45) is 0 Å². The van der Waals surface area contributed by atoms with E-state index < -0.39 is 39.5 Å². The summed E-state index contributed by atoms with van der Waals surface area (Å²) in [5, 5.41) is 2.33. The third-order valence-corrected chi connectivity index (χ3v) is 4.89. The fourth-order valence-corrected chi connectivity index (χ4v) is 3.58. The summed E-state index contributed by atoms with van der Waals surface area (Å²) in [6.07, 6.45) is -3.70. The van der Waals surface area contributed by atoms with E-state index in [2.05, 4.69) is 5.32 Å². The number of rotatable bonds is 5. The van der Waals surface area contributed by atoms with Crippen LogP contribution in [-0.4, -0.2) is 26.6 Å². The topological polar surface area (TPSA) is 66.5 Å². The molecule has 0 aliphatic heterocycles. The van der Waals surface area contributed by atoms with Crippen molar-refractivity contribution in [1.82, 2.24) is 0 Å². The Morgan fingerprint density at radius 1 is 1.07 bits per heavy atom. The molecule has 27 heavy (non-hydrogen) atoms. The molecule has 0 aromatic heterocycles. The summed E-state index contributed by atoms with van der Waals surface area (Å²) in [5.74, 6) is -1.67. The Hall–Kier alpha value is -2.62. The maximum absolute atomic E-state index is 14.0. The van der Waals surface area contributed by atoms with E-state index >= 15 is 0 Å². The van der Waals surface area contributed by atoms with Gasteiger partial charge in [-0.3, -0.25) is 9.10 Å². The van der Waals surface area contributed by atoms with Crippen molar-refractivity contribution in [2.45, 2.75) is 19.1 Å². The predicted octanol–water partition coefficient (Wildman–Crippen LogP) is 3.64. The third-order valence-electron chi connectivity index (χ3n) is 3.66. The molecule has 1 amide bonds. The number of alkyl halides is 3. The highest BCUT2D eigenvalue weighted by Crippen LogP contribution is 2.30. The minimum atomic E-state index is -4.52. The van der Waals surface area contributed by atoms with Gasteiger partial charge < -0.3 is 5.32 Å². The van der Waals surface area contributed by atoms with Crippen molar-refractivity contribution in [3.05, 3.63) is 59.9 Å². The molecular formula is C17H16F4N2O3S. The third kappa shape index (κ3) is 4.97. The van der Waals surface area contributed by atoms with Crippen LogP contribution in [0.25, 0.3) is 0 Å². The van der Waals surface area contributed by atoms with Crippen molar-refractivity contribution in [3.63, 3.8) is 0 Å². The van der Waals surface area contributed by atoms with E-state index in [-0.39, 0.29) is 11.4 Å². The summed E-state index contributed by atoms with van der Waals surface area (Å²) in [6.45, 7) is 1.24. The van der Waals surface area contributed by atoms with Crippen LogP contribution in [-0.2, 0) is 21.0 Å². The van der Waals surface area contributed by atoms with E-state index in [1.54, 1.807) is 0 Å². The molecule has 0 heterocycles. The number of hydrogen-bond acceptors (Lipinski definition) is 3. The number of anilines is 2. The fraction of sp³-hybridized carbons (Fsp3) is 0.235. The normalized spacial score (nSPS) is 13.1. The molecule has 0 aliphatic rings. The molecule has 2 aromatic rings. The van der Waals surface area contributed by atoms with Crippen LogP contribution in [0.5, 0.6) is 0 Å². The van der Waals surface area contributed by atoms with Crippen LogP contribution in [0.15, 0.2) is 48.5 Å². The number of nitrogens with one attached hydrogen (secondary N) is 1. The average molecular weight is 404 g/mol. The van der Waals surface area contributed by atoms with Gasteiger partial charge >= 0.3 is 6.18 Å². The number of amides is 1. The molecule has 1 atom stereocenters. The van der Waals surface area contributed by atoms with Crippen LogP contribution in [0.3, 0.4) is 0 Å². The lowest BCUT2D eigenvalue weighted by Gasteiger charge is -2.28. The largest absolute Gasteiger partial charge is 0.416 e. The maximum Gasteiger partial charge on any atom is 0.416 e. The van der Waals surface area contributed by atoms with Crippen molar-refractivity contribution >= 4 is 27.3 Å². The summed E-state index contributed by atoms with van der Waals surface area (Å²) >= 11 is 0. The van der Waals surface area contributed by atoms with Gasteiger partial charge in [-0.1, -0.05) is 12.1 Å². The molecule has 0 spiro atoms. The van der Waals surface area contributed by atoms with E-state index in [0.29, 0.717) is 4.31 Å². The molecule has 1 N–H and O–H groups in total. The molecule has 1 unspecified atom stereocenters. The second kappa shape index (κ2) is 7.55. The van der Waals surface area contributed by atoms with Gasteiger partial charge in [0.1, 0.15) is 11.9 Å². The van der Waals surface area contributed by atoms with E-state index in [0.717, 1.165) is 36.6 Å². The molecule has 0 aliphatic carbocycles. The number of carbonyl (C=O) groups excluding carboxylic acids is 1. The Balaban J connectivity index is 2.27. The number of nitrogens with zero attached hydrogens (tertiary/aromatic N) is 1. The molecule has 146 valence electrons. The van der Waals surface area contributed by atoms with Gasteiger partial charge in [-0.15, -0.1) is 0 Å². The molecule has 0 radical (unpaired) electrons. The number of hydrogen-bond donors (Lipinski definition) is 1. The fourth-order valence-electron chi connectivity index (χ4n) is 2.40. The minimum Gasteiger partial charge on any atom is -0.324 e. The Bertz CT molecular complexity index is 928. The second-order valence-corrected chi connectivity index (χ2v) is 7.61. The molecule has 0 fully saturated rings. The Morgan fingerprint density at radius 3 is 2.11 bits per heavy atom. The van der Waals surface area contributed by atoms with Gasteiger partial charge in [0.05, 0.1) is 17.5 Å². The van der Waals surface area contributed by atoms with Crippen molar-refractivity contribution in [1.29, 1.82) is 0 Å². The number of para-hydroxylation sites is 1. The molecule has 5 nitrogen and oxygen atoms in total. The quantitative estimate of drug-likeness (QED) is 0.774. The Morgan fingerprint density at radius 2 is 1.63 bits per heavy atom. The van der Waals surface area contributed by atoms with Gasteiger partial charge in [-0.2, -0.15) is 13.2 Å². The van der Waals surface area contributed by atoms with Gasteiger partial charge in [-0.25, -0.2) is 12.8 Å². The smallest absolute Gasteiger partial charge is 0.324 e. The van der Waals surface area contributed by atoms with Gasteiger partial charge in [0.15, 0.2) is 0 Å². The van der Waals surface area contributed by atoms with Gasteiger partial charge in [0, 0.05) is 5.69 Å². The van der Waals surface area contributed by atoms with Crippen LogP contribution >= 0.6 is 0 Å². The number of halogens is 4. The van der Waals surface area contributed by atoms with E-state index in [1.807, 2.05) is 0 Å². The monoisotopic (exact) mass is 404 g/mol. The predicted molar refractivity (Wildman–Crippen MR) is 93.3 cm³/mol. The minimum absolute atomic E-state index is 0.0434. The Kier molecular flexibility index (Phi) is 5.79. The van der Waals surface area contributed by atoms with Gasteiger partial charge in [0.25, 0.3) is 0 Å². The van der Waals surface area contributed by atoms with Gasteiger partial charge in [0.2, 0.25) is 15.9 Å². The number of sulfonamides is 1. The zero-order valence-corrected chi connectivity index (χ0v) is 15.1. The van der Waals surface area contributed by atoms with Crippen molar-refractivity contribution < 1.29 is 30.8 Å². The highest BCUT2D eigenvalue weighted by atomic mass is 32.2. The van der Waals surface area contributed by atoms with Crippen LogP contribution in [0.4, 0.5) is 28.9 Å². The lowest BCUT2D eigenvalue weighted by molar-refractivity contribution is -0.137. The first-order chi connectivity index (χ1) is 12.4. The lowest BCUT2D eigenvalue weighted by atomic mass is 10.2. The van der Waals surface area contributed by atoms with Crippen LogP contribution < -0.4 is 9.62 Å². The molecule has 0 bridgehead atoms. The Labute approximate surface area is 153 Å². The molecule has 2 rings (SSSR count). The first-order valence-corrected chi connectivity index (χ1v) is 9.48. The highest BCUT2D eigenvalue weighted by Gasteiger charge is 2.32. The van der Waals surface area contributed by atoms with Crippen molar-refractivity contribution in [2.75, 3.05) is 15.9 Å². The molecule has 10 heteroatoms. The molecule has 0 saturated heterocycles.